The number of carbonyl (C=O) groups excluding carboxylic acids is 1. The molecule has 11 heteroatoms. The van der Waals surface area contributed by atoms with Gasteiger partial charge in [-0.1, -0.05) is 30.3 Å². The van der Waals surface area contributed by atoms with E-state index >= 15 is 0 Å². The van der Waals surface area contributed by atoms with Crippen LogP contribution in [0.5, 0.6) is 0 Å². The fourth-order valence-electron chi connectivity index (χ4n) is 2.79. The standard InChI is InChI=1S/C14H19NO9S/c1-8(17)15-11-10(18)12(19)13(7-16,25(21,22)23)24-14(11,20)9-5-3-2-4-6-9/h2-6,10-12,16,18-20H,7H2,1H3,(H,15,17)(H,21,22,23)/t10-,11-,12+,13-,14?/m1/s1. The Morgan fingerprint density at radius 3 is 2.28 bits per heavy atom. The van der Waals surface area contributed by atoms with Gasteiger partial charge in [0.25, 0.3) is 0 Å². The van der Waals surface area contributed by atoms with Gasteiger partial charge in [0.2, 0.25) is 16.6 Å². The minimum Gasteiger partial charge on any atom is -0.392 e. The molecule has 25 heavy (non-hydrogen) atoms. The fraction of sp³-hybridized carbons (Fsp3) is 0.500. The topological polar surface area (TPSA) is 174 Å². The number of aliphatic hydroxyl groups is 4. The molecule has 5 atom stereocenters. The number of amides is 1. The van der Waals surface area contributed by atoms with Crippen LogP contribution in [-0.4, -0.2) is 69.1 Å². The molecule has 0 aliphatic carbocycles. The van der Waals surface area contributed by atoms with Crippen molar-refractivity contribution >= 4 is 16.0 Å². The van der Waals surface area contributed by atoms with Crippen LogP contribution in [0.2, 0.25) is 0 Å². The smallest absolute Gasteiger partial charge is 0.300 e. The highest BCUT2D eigenvalue weighted by atomic mass is 32.2. The second-order valence-electron chi connectivity index (χ2n) is 5.72. The number of hydrogen-bond acceptors (Lipinski definition) is 8. The molecule has 1 unspecified atom stereocenters. The molecule has 0 radical (unpaired) electrons. The SMILES string of the molecule is CC(=O)N[C@@H]1[C@@H](O)[C@H](O)[C@@](CO)(S(=O)(=O)O)OC1(O)c1ccccc1. The summed E-state index contributed by atoms with van der Waals surface area (Å²) in [6.45, 7) is -0.396. The number of benzene rings is 1. The lowest BCUT2D eigenvalue weighted by molar-refractivity contribution is -0.341. The van der Waals surface area contributed by atoms with Crippen molar-refractivity contribution in [2.45, 2.75) is 35.9 Å². The minimum absolute atomic E-state index is 0.0822. The maximum atomic E-state index is 11.7. The van der Waals surface area contributed by atoms with Gasteiger partial charge in [0, 0.05) is 12.5 Å². The first-order valence-electron chi connectivity index (χ1n) is 7.19. The van der Waals surface area contributed by atoms with E-state index in [1.165, 1.54) is 24.3 Å². The van der Waals surface area contributed by atoms with E-state index in [1.54, 1.807) is 6.07 Å². The van der Waals surface area contributed by atoms with Crippen molar-refractivity contribution in [2.75, 3.05) is 6.61 Å². The molecule has 1 aliphatic rings. The summed E-state index contributed by atoms with van der Waals surface area (Å²) < 4.78 is 38.0. The average Bonchev–Trinajstić information content (AvgIpc) is 2.54. The largest absolute Gasteiger partial charge is 0.392 e. The summed E-state index contributed by atoms with van der Waals surface area (Å²) >= 11 is 0. The summed E-state index contributed by atoms with van der Waals surface area (Å²) in [6, 6.07) is 5.44. The van der Waals surface area contributed by atoms with Crippen molar-refractivity contribution in [1.29, 1.82) is 0 Å². The van der Waals surface area contributed by atoms with E-state index < -0.39 is 51.6 Å². The number of hydrogen-bond donors (Lipinski definition) is 6. The van der Waals surface area contributed by atoms with Gasteiger partial charge in [0.15, 0.2) is 0 Å². The van der Waals surface area contributed by atoms with Gasteiger partial charge in [-0.3, -0.25) is 9.35 Å². The minimum atomic E-state index is -5.31. The van der Waals surface area contributed by atoms with Crippen LogP contribution >= 0.6 is 0 Å². The Balaban J connectivity index is 2.68. The predicted octanol–water partition coefficient (Wildman–Crippen LogP) is -2.34. The Morgan fingerprint density at radius 1 is 1.28 bits per heavy atom. The number of carbonyl (C=O) groups is 1. The van der Waals surface area contributed by atoms with Gasteiger partial charge in [-0.15, -0.1) is 0 Å². The maximum Gasteiger partial charge on any atom is 0.300 e. The van der Waals surface area contributed by atoms with E-state index in [0.717, 1.165) is 6.92 Å². The Bertz CT molecular complexity index is 740. The van der Waals surface area contributed by atoms with Crippen molar-refractivity contribution in [3.63, 3.8) is 0 Å². The monoisotopic (exact) mass is 377 g/mol. The van der Waals surface area contributed by atoms with Crippen molar-refractivity contribution in [3.05, 3.63) is 35.9 Å². The summed E-state index contributed by atoms with van der Waals surface area (Å²) in [4.78, 5) is 8.30. The summed E-state index contributed by atoms with van der Waals surface area (Å²) in [7, 11) is -5.31. The Hall–Kier alpha value is -1.60. The third-order valence-electron chi connectivity index (χ3n) is 4.07. The van der Waals surface area contributed by atoms with Crippen LogP contribution in [-0.2, 0) is 25.4 Å². The summed E-state index contributed by atoms with van der Waals surface area (Å²) in [6.07, 6.45) is -4.47. The molecule has 140 valence electrons. The van der Waals surface area contributed by atoms with Crippen LogP contribution in [0.4, 0.5) is 0 Å². The molecular weight excluding hydrogens is 358 g/mol. The Kier molecular flexibility index (Phi) is 5.21. The van der Waals surface area contributed by atoms with Crippen molar-refractivity contribution in [3.8, 4) is 0 Å². The van der Waals surface area contributed by atoms with Crippen molar-refractivity contribution in [1.82, 2.24) is 5.32 Å². The second kappa shape index (κ2) is 6.61. The first-order valence-corrected chi connectivity index (χ1v) is 8.63. The Labute approximate surface area is 143 Å². The maximum absolute atomic E-state index is 11.7. The molecule has 1 saturated heterocycles. The van der Waals surface area contributed by atoms with E-state index in [9.17, 15) is 38.2 Å². The average molecular weight is 377 g/mol. The molecule has 1 amide bonds. The van der Waals surface area contributed by atoms with Gasteiger partial charge in [-0.05, 0) is 0 Å². The summed E-state index contributed by atoms with van der Waals surface area (Å²) in [5, 5.41) is 43.1. The van der Waals surface area contributed by atoms with Crippen molar-refractivity contribution < 1.29 is 42.9 Å². The van der Waals surface area contributed by atoms with Gasteiger partial charge in [0.1, 0.15) is 18.2 Å². The van der Waals surface area contributed by atoms with Gasteiger partial charge in [0.05, 0.1) is 6.61 Å². The molecule has 0 saturated carbocycles. The van der Waals surface area contributed by atoms with Crippen LogP contribution in [0.1, 0.15) is 12.5 Å². The first-order chi connectivity index (χ1) is 11.5. The van der Waals surface area contributed by atoms with Gasteiger partial charge in [-0.25, -0.2) is 0 Å². The third kappa shape index (κ3) is 3.15. The zero-order chi connectivity index (χ0) is 19.0. The number of aliphatic hydroxyl groups excluding tert-OH is 3. The second-order valence-corrected chi connectivity index (χ2v) is 7.36. The quantitative estimate of drug-likeness (QED) is 0.314. The van der Waals surface area contributed by atoms with Gasteiger partial charge in [-0.2, -0.15) is 8.42 Å². The van der Waals surface area contributed by atoms with E-state index in [2.05, 4.69) is 5.32 Å². The van der Waals surface area contributed by atoms with Crippen LogP contribution in [0.3, 0.4) is 0 Å². The van der Waals surface area contributed by atoms with Crippen LogP contribution in [0, 0.1) is 0 Å². The molecule has 1 heterocycles. The van der Waals surface area contributed by atoms with E-state index in [4.69, 9.17) is 4.74 Å². The normalized spacial score (nSPS) is 36.0. The van der Waals surface area contributed by atoms with Gasteiger partial charge >= 0.3 is 10.1 Å². The first kappa shape index (κ1) is 19.7. The molecule has 1 aromatic rings. The summed E-state index contributed by atoms with van der Waals surface area (Å²) in [5.74, 6) is -3.39. The fourth-order valence-corrected chi connectivity index (χ4v) is 3.63. The van der Waals surface area contributed by atoms with E-state index in [1.807, 2.05) is 0 Å². The van der Waals surface area contributed by atoms with Crippen LogP contribution in [0.15, 0.2) is 30.3 Å². The molecule has 10 nitrogen and oxygen atoms in total. The summed E-state index contributed by atoms with van der Waals surface area (Å²) in [5.41, 5.74) is -0.0822. The third-order valence-corrected chi connectivity index (χ3v) is 5.40. The van der Waals surface area contributed by atoms with E-state index in [0.29, 0.717) is 0 Å². The number of ether oxygens (including phenoxy) is 1. The zero-order valence-electron chi connectivity index (χ0n) is 13.1. The number of rotatable bonds is 4. The lowest BCUT2D eigenvalue weighted by atomic mass is 9.85. The highest BCUT2D eigenvalue weighted by molar-refractivity contribution is 7.87. The highest BCUT2D eigenvalue weighted by Gasteiger charge is 2.66. The van der Waals surface area contributed by atoms with Crippen LogP contribution in [0.25, 0.3) is 0 Å². The molecule has 0 aromatic heterocycles. The molecule has 1 fully saturated rings. The van der Waals surface area contributed by atoms with Gasteiger partial charge < -0.3 is 30.5 Å². The molecule has 2 rings (SSSR count). The lowest BCUT2D eigenvalue weighted by Crippen LogP contribution is -2.75. The zero-order valence-corrected chi connectivity index (χ0v) is 13.9. The van der Waals surface area contributed by atoms with Crippen LogP contribution < -0.4 is 5.32 Å². The predicted molar refractivity (Wildman–Crippen MR) is 82.4 cm³/mol. The Morgan fingerprint density at radius 2 is 1.84 bits per heavy atom. The molecule has 0 spiro atoms. The molecule has 1 aromatic carbocycles. The molecule has 6 N–H and O–H groups in total. The number of nitrogens with one attached hydrogen (secondary N) is 1. The van der Waals surface area contributed by atoms with E-state index in [-0.39, 0.29) is 5.56 Å². The molecule has 1 aliphatic heterocycles. The molecular formula is C14H19NO9S. The lowest BCUT2D eigenvalue weighted by Gasteiger charge is -2.51. The molecule has 0 bridgehead atoms. The van der Waals surface area contributed by atoms with Crippen molar-refractivity contribution in [2.24, 2.45) is 0 Å². The highest BCUT2D eigenvalue weighted by Crippen LogP contribution is 2.43.